The fraction of sp³-hybridized carbons (Fsp3) is 0.211. The summed E-state index contributed by atoms with van der Waals surface area (Å²) in [7, 11) is 2.04. The molecule has 3 nitrogen and oxygen atoms in total. The van der Waals surface area contributed by atoms with Gasteiger partial charge in [0.25, 0.3) is 0 Å². The highest BCUT2D eigenvalue weighted by atomic mass is 15.2. The number of nitrogens with zero attached hydrogens (tertiary/aromatic N) is 3. The Balaban J connectivity index is 1.75. The molecule has 110 valence electrons. The Hall–Kier alpha value is -2.55. The Labute approximate surface area is 130 Å². The van der Waals surface area contributed by atoms with E-state index in [0.717, 1.165) is 30.0 Å². The second-order valence-electron chi connectivity index (χ2n) is 5.91. The van der Waals surface area contributed by atoms with Gasteiger partial charge in [-0.2, -0.15) is 0 Å². The number of anilines is 1. The molecule has 0 aliphatic carbocycles. The first-order valence-corrected chi connectivity index (χ1v) is 7.67. The Bertz CT molecular complexity index is 889. The van der Waals surface area contributed by atoms with E-state index in [9.17, 15) is 0 Å². The highest BCUT2D eigenvalue weighted by Gasteiger charge is 2.24. The van der Waals surface area contributed by atoms with Crippen molar-refractivity contribution in [2.24, 2.45) is 7.05 Å². The second kappa shape index (κ2) is 4.73. The Morgan fingerprint density at radius 2 is 2.09 bits per heavy atom. The summed E-state index contributed by atoms with van der Waals surface area (Å²) < 4.78 is 2.09. The lowest BCUT2D eigenvalue weighted by molar-refractivity contribution is 0.960. The van der Waals surface area contributed by atoms with Gasteiger partial charge in [-0.1, -0.05) is 25.6 Å². The van der Waals surface area contributed by atoms with Gasteiger partial charge in [0.05, 0.1) is 18.3 Å². The monoisotopic (exact) mass is 289 g/mol. The largest absolute Gasteiger partial charge is 0.349 e. The van der Waals surface area contributed by atoms with Crippen molar-refractivity contribution in [1.29, 1.82) is 0 Å². The van der Waals surface area contributed by atoms with Crippen LogP contribution in [0.5, 0.6) is 0 Å². The van der Waals surface area contributed by atoms with E-state index in [-0.39, 0.29) is 0 Å². The summed E-state index contributed by atoms with van der Waals surface area (Å²) in [5, 5.41) is 1.21. The number of hydrogen-bond acceptors (Lipinski definition) is 2. The lowest BCUT2D eigenvalue weighted by Crippen LogP contribution is -2.14. The van der Waals surface area contributed by atoms with E-state index in [0.29, 0.717) is 0 Å². The third-order valence-electron chi connectivity index (χ3n) is 4.58. The molecule has 0 spiro atoms. The average Bonchev–Trinajstić information content (AvgIpc) is 3.08. The number of pyridine rings is 1. The minimum absolute atomic E-state index is 0.851. The smallest absolute Gasteiger partial charge is 0.133 e. The number of benzene rings is 1. The second-order valence-corrected chi connectivity index (χ2v) is 5.91. The van der Waals surface area contributed by atoms with Gasteiger partial charge in [-0.05, 0) is 35.7 Å². The fourth-order valence-electron chi connectivity index (χ4n) is 3.18. The number of fused-ring (bicyclic) bond motifs is 2. The van der Waals surface area contributed by atoms with Gasteiger partial charge < -0.3 is 9.47 Å². The van der Waals surface area contributed by atoms with E-state index in [1.165, 1.54) is 22.1 Å². The molecule has 0 unspecified atom stereocenters. The maximum atomic E-state index is 4.64. The summed E-state index contributed by atoms with van der Waals surface area (Å²) in [6.07, 6.45) is 5.06. The van der Waals surface area contributed by atoms with E-state index in [1.807, 2.05) is 13.2 Å². The summed E-state index contributed by atoms with van der Waals surface area (Å²) in [5.41, 5.74) is 6.15. The standard InChI is InChI=1S/C19H19N3/c1-4-14-5-6-16-12-22(13(2)17(16)9-14)19-10-15-7-8-21(3)18(15)11-20-19/h5-11H,2,4,12H2,1,3H3. The van der Waals surface area contributed by atoms with Gasteiger partial charge in [0.15, 0.2) is 0 Å². The fourth-order valence-corrected chi connectivity index (χ4v) is 3.18. The maximum absolute atomic E-state index is 4.64. The molecule has 0 bridgehead atoms. The summed E-state index contributed by atoms with van der Waals surface area (Å²) in [6, 6.07) is 11.0. The average molecular weight is 289 g/mol. The van der Waals surface area contributed by atoms with Gasteiger partial charge in [-0.25, -0.2) is 4.98 Å². The van der Waals surface area contributed by atoms with Crippen LogP contribution in [0, 0.1) is 0 Å². The zero-order valence-corrected chi connectivity index (χ0v) is 13.0. The predicted molar refractivity (Wildman–Crippen MR) is 91.8 cm³/mol. The van der Waals surface area contributed by atoms with Crippen LogP contribution in [0.4, 0.5) is 5.82 Å². The first-order valence-electron chi connectivity index (χ1n) is 7.67. The van der Waals surface area contributed by atoms with Gasteiger partial charge in [0, 0.05) is 29.9 Å². The molecule has 0 N–H and O–H groups in total. The van der Waals surface area contributed by atoms with Gasteiger partial charge in [-0.3, -0.25) is 0 Å². The highest BCUT2D eigenvalue weighted by molar-refractivity contribution is 5.87. The Kier molecular flexibility index (Phi) is 2.83. The molecular formula is C19H19N3. The van der Waals surface area contributed by atoms with Gasteiger partial charge in [-0.15, -0.1) is 0 Å². The van der Waals surface area contributed by atoms with Crippen LogP contribution in [-0.2, 0) is 20.0 Å². The van der Waals surface area contributed by atoms with Crippen molar-refractivity contribution in [3.8, 4) is 0 Å². The van der Waals surface area contributed by atoms with Crippen molar-refractivity contribution in [1.82, 2.24) is 9.55 Å². The van der Waals surface area contributed by atoms with E-state index in [1.54, 1.807) is 0 Å². The number of hydrogen-bond donors (Lipinski definition) is 0. The van der Waals surface area contributed by atoms with E-state index >= 15 is 0 Å². The molecule has 0 radical (unpaired) electrons. The lowest BCUT2D eigenvalue weighted by atomic mass is 10.0. The van der Waals surface area contributed by atoms with Crippen molar-refractivity contribution in [2.45, 2.75) is 19.9 Å². The Morgan fingerprint density at radius 1 is 1.23 bits per heavy atom. The van der Waals surface area contributed by atoms with E-state index < -0.39 is 0 Å². The minimum atomic E-state index is 0.851. The molecule has 1 aliphatic heterocycles. The van der Waals surface area contributed by atoms with Crippen molar-refractivity contribution < 1.29 is 0 Å². The molecule has 1 aromatic carbocycles. The Morgan fingerprint density at radius 3 is 2.91 bits per heavy atom. The first kappa shape index (κ1) is 13.1. The predicted octanol–water partition coefficient (Wildman–Crippen LogP) is 4.13. The van der Waals surface area contributed by atoms with Crippen LogP contribution in [0.3, 0.4) is 0 Å². The molecular weight excluding hydrogens is 270 g/mol. The SMILES string of the molecule is C=C1c2cc(CC)ccc2CN1c1cc2ccn(C)c2cn1. The van der Waals surface area contributed by atoms with Crippen LogP contribution in [0.2, 0.25) is 0 Å². The number of aryl methyl sites for hydroxylation is 2. The summed E-state index contributed by atoms with van der Waals surface area (Å²) >= 11 is 0. The van der Waals surface area contributed by atoms with Crippen LogP contribution in [0.1, 0.15) is 23.6 Å². The molecule has 3 heteroatoms. The summed E-state index contributed by atoms with van der Waals surface area (Å²) in [5.74, 6) is 0.970. The zero-order chi connectivity index (χ0) is 15.3. The number of rotatable bonds is 2. The quantitative estimate of drug-likeness (QED) is 0.707. The number of aromatic nitrogens is 2. The normalized spacial score (nSPS) is 13.9. The first-order chi connectivity index (χ1) is 10.7. The van der Waals surface area contributed by atoms with Gasteiger partial charge in [0.2, 0.25) is 0 Å². The maximum Gasteiger partial charge on any atom is 0.133 e. The summed E-state index contributed by atoms with van der Waals surface area (Å²) in [4.78, 5) is 6.85. The molecule has 2 aromatic heterocycles. The highest BCUT2D eigenvalue weighted by Crippen LogP contribution is 2.36. The molecule has 4 rings (SSSR count). The molecule has 0 saturated heterocycles. The van der Waals surface area contributed by atoms with Crippen molar-refractivity contribution in [3.05, 3.63) is 66.0 Å². The minimum Gasteiger partial charge on any atom is -0.349 e. The third-order valence-corrected chi connectivity index (χ3v) is 4.58. The topological polar surface area (TPSA) is 21.1 Å². The van der Waals surface area contributed by atoms with Gasteiger partial charge >= 0.3 is 0 Å². The van der Waals surface area contributed by atoms with Crippen LogP contribution in [-0.4, -0.2) is 9.55 Å². The van der Waals surface area contributed by atoms with E-state index in [2.05, 4.69) is 64.5 Å². The molecule has 0 fully saturated rings. The van der Waals surface area contributed by atoms with Gasteiger partial charge in [0.1, 0.15) is 5.82 Å². The van der Waals surface area contributed by atoms with Crippen LogP contribution in [0.25, 0.3) is 16.6 Å². The molecule has 0 saturated carbocycles. The van der Waals surface area contributed by atoms with Crippen molar-refractivity contribution in [2.75, 3.05) is 4.90 Å². The van der Waals surface area contributed by atoms with Crippen LogP contribution >= 0.6 is 0 Å². The summed E-state index contributed by atoms with van der Waals surface area (Å²) in [6.45, 7) is 7.33. The zero-order valence-electron chi connectivity index (χ0n) is 13.0. The van der Waals surface area contributed by atoms with Crippen molar-refractivity contribution >= 4 is 22.4 Å². The van der Waals surface area contributed by atoms with Crippen LogP contribution in [0.15, 0.2) is 49.3 Å². The molecule has 0 amide bonds. The molecule has 3 aromatic rings. The molecule has 0 atom stereocenters. The third kappa shape index (κ3) is 1.86. The molecule has 3 heterocycles. The van der Waals surface area contributed by atoms with Crippen molar-refractivity contribution in [3.63, 3.8) is 0 Å². The molecule has 22 heavy (non-hydrogen) atoms. The van der Waals surface area contributed by atoms with Crippen LogP contribution < -0.4 is 4.90 Å². The molecule has 1 aliphatic rings. The van der Waals surface area contributed by atoms with E-state index in [4.69, 9.17) is 0 Å². The lowest BCUT2D eigenvalue weighted by Gasteiger charge is -2.18.